The monoisotopic (exact) mass is 263 g/mol. The first-order valence-corrected chi connectivity index (χ1v) is 6.31. The van der Waals surface area contributed by atoms with Gasteiger partial charge in [-0.2, -0.15) is 17.6 Å². The Labute approximate surface area is 91.3 Å². The van der Waals surface area contributed by atoms with Crippen LogP contribution in [-0.2, 0) is 10.0 Å². The van der Waals surface area contributed by atoms with E-state index in [0.29, 0.717) is 12.3 Å². The first-order chi connectivity index (χ1) is 7.08. The molecule has 8 heteroatoms. The normalized spacial score (nSPS) is 18.8. The molecule has 1 rings (SSSR count). The standard InChI is InChI=1S/C8H13F4NO2S/c1-7(9,10)8(11,12)16(14,15)13-5-4-6-2-3-6/h6,13H,2-5H2,1H3. The molecule has 0 aromatic rings. The molecule has 16 heavy (non-hydrogen) atoms. The molecular weight excluding hydrogens is 250 g/mol. The Morgan fingerprint density at radius 1 is 1.25 bits per heavy atom. The van der Waals surface area contributed by atoms with Crippen molar-refractivity contribution >= 4 is 10.0 Å². The zero-order valence-corrected chi connectivity index (χ0v) is 9.46. The first-order valence-electron chi connectivity index (χ1n) is 4.83. The SMILES string of the molecule is CC(F)(F)C(F)(F)S(=O)(=O)NCCC1CC1. The highest BCUT2D eigenvalue weighted by molar-refractivity contribution is 7.90. The van der Waals surface area contributed by atoms with Crippen molar-refractivity contribution < 1.29 is 26.0 Å². The van der Waals surface area contributed by atoms with Gasteiger partial charge in [0.05, 0.1) is 0 Å². The van der Waals surface area contributed by atoms with Gasteiger partial charge in [-0.3, -0.25) is 0 Å². The van der Waals surface area contributed by atoms with Gasteiger partial charge in [0.2, 0.25) is 0 Å². The average molecular weight is 263 g/mol. The van der Waals surface area contributed by atoms with Crippen LogP contribution in [0.25, 0.3) is 0 Å². The Kier molecular flexibility index (Phi) is 3.54. The molecule has 0 aromatic carbocycles. The van der Waals surface area contributed by atoms with Gasteiger partial charge in [0, 0.05) is 13.5 Å². The summed E-state index contributed by atoms with van der Waals surface area (Å²) in [5, 5.41) is -5.08. The highest BCUT2D eigenvalue weighted by Gasteiger charge is 2.62. The Morgan fingerprint density at radius 3 is 2.12 bits per heavy atom. The second kappa shape index (κ2) is 4.14. The third-order valence-electron chi connectivity index (χ3n) is 2.39. The Morgan fingerprint density at radius 2 is 1.75 bits per heavy atom. The van der Waals surface area contributed by atoms with Gasteiger partial charge in [-0.15, -0.1) is 0 Å². The van der Waals surface area contributed by atoms with E-state index in [4.69, 9.17) is 0 Å². The molecule has 0 spiro atoms. The summed E-state index contributed by atoms with van der Waals surface area (Å²) in [6.07, 6.45) is 2.27. The van der Waals surface area contributed by atoms with Crippen molar-refractivity contribution in [1.29, 1.82) is 0 Å². The van der Waals surface area contributed by atoms with E-state index >= 15 is 0 Å². The lowest BCUT2D eigenvalue weighted by molar-refractivity contribution is -0.144. The number of alkyl halides is 4. The zero-order chi connectivity index (χ0) is 12.6. The average Bonchev–Trinajstić information content (AvgIpc) is 2.85. The first kappa shape index (κ1) is 13.7. The van der Waals surface area contributed by atoms with Crippen LogP contribution in [0.4, 0.5) is 17.6 Å². The summed E-state index contributed by atoms with van der Waals surface area (Å²) in [6, 6.07) is 0. The topological polar surface area (TPSA) is 46.2 Å². The summed E-state index contributed by atoms with van der Waals surface area (Å²) in [5.74, 6) is -4.27. The summed E-state index contributed by atoms with van der Waals surface area (Å²) < 4.78 is 74.0. The van der Waals surface area contributed by atoms with Crippen LogP contribution < -0.4 is 4.72 Å². The molecule has 1 saturated carbocycles. The van der Waals surface area contributed by atoms with Crippen molar-refractivity contribution in [3.63, 3.8) is 0 Å². The van der Waals surface area contributed by atoms with E-state index in [1.165, 1.54) is 4.72 Å². The molecule has 0 aliphatic heterocycles. The van der Waals surface area contributed by atoms with Gasteiger partial charge in [0.15, 0.2) is 0 Å². The summed E-state index contributed by atoms with van der Waals surface area (Å²) in [6.45, 7) is -0.341. The molecule has 0 atom stereocenters. The van der Waals surface area contributed by atoms with Crippen LogP contribution in [0.1, 0.15) is 26.2 Å². The molecule has 0 amide bonds. The highest BCUT2D eigenvalue weighted by Crippen LogP contribution is 2.38. The minimum absolute atomic E-state index is 0.118. The number of rotatable bonds is 6. The lowest BCUT2D eigenvalue weighted by Gasteiger charge is -2.22. The van der Waals surface area contributed by atoms with E-state index in [-0.39, 0.29) is 13.5 Å². The molecule has 0 aromatic heterocycles. The summed E-state index contributed by atoms with van der Waals surface area (Å²) in [7, 11) is -5.32. The summed E-state index contributed by atoms with van der Waals surface area (Å²) in [5.41, 5.74) is 0. The van der Waals surface area contributed by atoms with Gasteiger partial charge in [0.25, 0.3) is 10.0 Å². The quantitative estimate of drug-likeness (QED) is 0.744. The Balaban J connectivity index is 2.60. The van der Waals surface area contributed by atoms with E-state index in [2.05, 4.69) is 0 Å². The van der Waals surface area contributed by atoms with Crippen LogP contribution in [0.5, 0.6) is 0 Å². The van der Waals surface area contributed by atoms with E-state index in [0.717, 1.165) is 12.8 Å². The fourth-order valence-corrected chi connectivity index (χ4v) is 2.17. The van der Waals surface area contributed by atoms with Gasteiger partial charge >= 0.3 is 11.2 Å². The molecule has 0 bridgehead atoms. The van der Waals surface area contributed by atoms with Crippen molar-refractivity contribution in [1.82, 2.24) is 4.72 Å². The molecule has 1 aliphatic carbocycles. The smallest absolute Gasteiger partial charge is 0.210 e. The molecule has 0 saturated heterocycles. The van der Waals surface area contributed by atoms with Crippen molar-refractivity contribution in [3.05, 3.63) is 0 Å². The summed E-state index contributed by atoms with van der Waals surface area (Å²) >= 11 is 0. The molecule has 1 N–H and O–H groups in total. The fourth-order valence-electron chi connectivity index (χ4n) is 1.13. The Hall–Kier alpha value is -0.370. The van der Waals surface area contributed by atoms with E-state index < -0.39 is 21.2 Å². The molecule has 1 aliphatic rings. The summed E-state index contributed by atoms with van der Waals surface area (Å²) in [4.78, 5) is 0. The molecule has 1 fully saturated rings. The van der Waals surface area contributed by atoms with Gasteiger partial charge in [-0.05, 0) is 12.3 Å². The zero-order valence-electron chi connectivity index (χ0n) is 8.64. The molecule has 0 unspecified atom stereocenters. The van der Waals surface area contributed by atoms with Gasteiger partial charge in [0.1, 0.15) is 0 Å². The van der Waals surface area contributed by atoms with Crippen molar-refractivity contribution in [2.75, 3.05) is 6.54 Å². The molecular formula is C8H13F4NO2S. The maximum absolute atomic E-state index is 12.8. The fraction of sp³-hybridized carbons (Fsp3) is 1.00. The second-order valence-corrected chi connectivity index (χ2v) is 5.84. The number of hydrogen-bond acceptors (Lipinski definition) is 2. The van der Waals surface area contributed by atoms with Crippen LogP contribution in [0.2, 0.25) is 0 Å². The minimum Gasteiger partial charge on any atom is -0.210 e. The van der Waals surface area contributed by atoms with Crippen LogP contribution in [0.15, 0.2) is 0 Å². The van der Waals surface area contributed by atoms with E-state index in [9.17, 15) is 26.0 Å². The molecule has 96 valence electrons. The van der Waals surface area contributed by atoms with Crippen LogP contribution in [0.3, 0.4) is 0 Å². The van der Waals surface area contributed by atoms with Crippen LogP contribution >= 0.6 is 0 Å². The van der Waals surface area contributed by atoms with Gasteiger partial charge in [-0.25, -0.2) is 13.1 Å². The second-order valence-electron chi connectivity index (χ2n) is 4.03. The maximum atomic E-state index is 12.8. The highest BCUT2D eigenvalue weighted by atomic mass is 32.2. The number of nitrogens with one attached hydrogen (secondary N) is 1. The molecule has 0 heterocycles. The van der Waals surface area contributed by atoms with Crippen molar-refractivity contribution in [2.24, 2.45) is 5.92 Å². The minimum atomic E-state index is -5.32. The van der Waals surface area contributed by atoms with Crippen molar-refractivity contribution in [3.8, 4) is 0 Å². The van der Waals surface area contributed by atoms with Gasteiger partial charge in [-0.1, -0.05) is 12.8 Å². The lowest BCUT2D eigenvalue weighted by atomic mass is 10.3. The van der Waals surface area contributed by atoms with Crippen LogP contribution in [-0.4, -0.2) is 26.1 Å². The largest absolute Gasteiger partial charge is 0.420 e. The van der Waals surface area contributed by atoms with Gasteiger partial charge < -0.3 is 0 Å². The van der Waals surface area contributed by atoms with E-state index in [1.807, 2.05) is 0 Å². The predicted molar refractivity (Wildman–Crippen MR) is 49.8 cm³/mol. The lowest BCUT2D eigenvalue weighted by Crippen LogP contribution is -2.50. The van der Waals surface area contributed by atoms with Crippen LogP contribution in [0, 0.1) is 5.92 Å². The molecule has 0 radical (unpaired) electrons. The van der Waals surface area contributed by atoms with E-state index in [1.54, 1.807) is 0 Å². The number of hydrogen-bond donors (Lipinski definition) is 1. The Bertz CT molecular complexity index is 346. The number of halogens is 4. The third kappa shape index (κ3) is 2.85. The third-order valence-corrected chi connectivity index (χ3v) is 4.01. The maximum Gasteiger partial charge on any atom is 0.420 e. The molecule has 3 nitrogen and oxygen atoms in total. The van der Waals surface area contributed by atoms with Crippen molar-refractivity contribution in [2.45, 2.75) is 37.4 Å². The predicted octanol–water partition coefficient (Wildman–Crippen LogP) is 1.95. The number of sulfonamides is 1.